The Morgan fingerprint density at radius 3 is 2.32 bits per heavy atom. The third-order valence-corrected chi connectivity index (χ3v) is 5.80. The summed E-state index contributed by atoms with van der Waals surface area (Å²) in [4.78, 5) is 24.7. The van der Waals surface area contributed by atoms with Crippen molar-refractivity contribution in [3.8, 4) is 5.75 Å². The molecule has 0 radical (unpaired) electrons. The third-order valence-electron chi connectivity index (χ3n) is 4.86. The highest BCUT2D eigenvalue weighted by molar-refractivity contribution is 7.99. The van der Waals surface area contributed by atoms with Gasteiger partial charge in [-0.3, -0.25) is 9.59 Å². The molecule has 1 aliphatic carbocycles. The molecule has 9 heteroatoms. The Hall–Kier alpha value is -3.33. The van der Waals surface area contributed by atoms with Crippen molar-refractivity contribution in [2.45, 2.75) is 31.0 Å². The van der Waals surface area contributed by atoms with E-state index in [1.165, 1.54) is 11.8 Å². The van der Waals surface area contributed by atoms with Gasteiger partial charge in [0.1, 0.15) is 11.6 Å². The maximum Gasteiger partial charge on any atom is 0.255 e. The fraction of sp³-hybridized carbons (Fsp3) is 0.273. The van der Waals surface area contributed by atoms with E-state index < -0.39 is 0 Å². The largest absolute Gasteiger partial charge is 0.497 e. The number of ether oxygens (including phenoxy) is 1. The monoisotopic (exact) mass is 437 g/mol. The third kappa shape index (κ3) is 5.24. The molecule has 0 spiro atoms. The highest BCUT2D eigenvalue weighted by Gasteiger charge is 2.28. The lowest BCUT2D eigenvalue weighted by atomic mass is 10.2. The fourth-order valence-corrected chi connectivity index (χ4v) is 3.96. The number of amides is 2. The average molecular weight is 438 g/mol. The number of aromatic nitrogens is 3. The van der Waals surface area contributed by atoms with Gasteiger partial charge in [-0.05, 0) is 68.3 Å². The van der Waals surface area contributed by atoms with Gasteiger partial charge in [0.2, 0.25) is 5.91 Å². The maximum absolute atomic E-state index is 12.4. The first-order valence-corrected chi connectivity index (χ1v) is 10.9. The zero-order chi connectivity index (χ0) is 21.8. The van der Waals surface area contributed by atoms with Crippen LogP contribution in [0.5, 0.6) is 5.75 Å². The van der Waals surface area contributed by atoms with Gasteiger partial charge in [-0.25, -0.2) is 0 Å². The Balaban J connectivity index is 1.29. The number of hydrogen-bond acceptors (Lipinski definition) is 6. The molecular formula is C22H23N5O3S. The smallest absolute Gasteiger partial charge is 0.255 e. The van der Waals surface area contributed by atoms with Gasteiger partial charge in [0.15, 0.2) is 5.16 Å². The zero-order valence-corrected chi connectivity index (χ0v) is 18.1. The Labute approximate surface area is 184 Å². The number of anilines is 2. The van der Waals surface area contributed by atoms with Crippen LogP contribution in [-0.2, 0) is 4.79 Å². The van der Waals surface area contributed by atoms with Crippen molar-refractivity contribution in [1.82, 2.24) is 14.8 Å². The summed E-state index contributed by atoms with van der Waals surface area (Å²) >= 11 is 1.38. The minimum absolute atomic E-state index is 0.136. The van der Waals surface area contributed by atoms with Gasteiger partial charge in [0.05, 0.1) is 12.9 Å². The highest BCUT2D eigenvalue weighted by atomic mass is 32.2. The summed E-state index contributed by atoms with van der Waals surface area (Å²) in [5.41, 5.74) is 1.80. The zero-order valence-electron chi connectivity index (χ0n) is 17.3. The second kappa shape index (κ2) is 9.22. The van der Waals surface area contributed by atoms with Gasteiger partial charge in [0.25, 0.3) is 5.91 Å². The number of aryl methyl sites for hydroxylation is 1. The van der Waals surface area contributed by atoms with E-state index in [1.54, 1.807) is 55.6 Å². The molecule has 8 nitrogen and oxygen atoms in total. The SMILES string of the molecule is COc1ccc(NC(=O)c2ccc(NC(=O)CSc3nnc(C)n3C3CC3)cc2)cc1. The van der Waals surface area contributed by atoms with Crippen LogP contribution in [0.4, 0.5) is 11.4 Å². The minimum Gasteiger partial charge on any atom is -0.497 e. The molecule has 0 unspecified atom stereocenters. The van der Waals surface area contributed by atoms with E-state index in [0.717, 1.165) is 29.6 Å². The lowest BCUT2D eigenvalue weighted by Crippen LogP contribution is -2.15. The molecule has 1 aromatic heterocycles. The van der Waals surface area contributed by atoms with Crippen LogP contribution in [0.2, 0.25) is 0 Å². The van der Waals surface area contributed by atoms with Crippen molar-refractivity contribution in [2.24, 2.45) is 0 Å². The number of hydrogen-bond donors (Lipinski definition) is 2. The van der Waals surface area contributed by atoms with Gasteiger partial charge >= 0.3 is 0 Å². The predicted molar refractivity (Wildman–Crippen MR) is 120 cm³/mol. The molecule has 1 saturated carbocycles. The highest BCUT2D eigenvalue weighted by Crippen LogP contribution is 2.38. The lowest BCUT2D eigenvalue weighted by molar-refractivity contribution is -0.113. The van der Waals surface area contributed by atoms with E-state index >= 15 is 0 Å². The van der Waals surface area contributed by atoms with Crippen molar-refractivity contribution in [3.05, 3.63) is 59.9 Å². The molecule has 0 saturated heterocycles. The van der Waals surface area contributed by atoms with E-state index in [2.05, 4.69) is 25.4 Å². The summed E-state index contributed by atoms with van der Waals surface area (Å²) in [6, 6.07) is 14.3. The van der Waals surface area contributed by atoms with Crippen LogP contribution in [0.1, 0.15) is 35.1 Å². The van der Waals surface area contributed by atoms with E-state index in [1.807, 2.05) is 6.92 Å². The van der Waals surface area contributed by atoms with Crippen molar-refractivity contribution in [1.29, 1.82) is 0 Å². The number of methoxy groups -OCH3 is 1. The van der Waals surface area contributed by atoms with Crippen LogP contribution < -0.4 is 15.4 Å². The number of rotatable bonds is 8. The molecule has 1 fully saturated rings. The molecule has 160 valence electrons. The second-order valence-electron chi connectivity index (χ2n) is 7.23. The van der Waals surface area contributed by atoms with Crippen molar-refractivity contribution in [2.75, 3.05) is 23.5 Å². The van der Waals surface area contributed by atoms with Gasteiger partial charge in [-0.15, -0.1) is 10.2 Å². The first kappa shape index (κ1) is 20.9. The van der Waals surface area contributed by atoms with Crippen LogP contribution in [-0.4, -0.2) is 39.4 Å². The van der Waals surface area contributed by atoms with Crippen LogP contribution in [0.25, 0.3) is 0 Å². The molecule has 1 aliphatic rings. The molecule has 3 aromatic rings. The van der Waals surface area contributed by atoms with Crippen molar-refractivity contribution >= 4 is 35.0 Å². The normalized spacial score (nSPS) is 13.0. The van der Waals surface area contributed by atoms with E-state index in [-0.39, 0.29) is 17.6 Å². The van der Waals surface area contributed by atoms with E-state index in [0.29, 0.717) is 23.0 Å². The van der Waals surface area contributed by atoms with Crippen molar-refractivity contribution < 1.29 is 14.3 Å². The molecule has 2 N–H and O–H groups in total. The van der Waals surface area contributed by atoms with E-state index in [9.17, 15) is 9.59 Å². The predicted octanol–water partition coefficient (Wildman–Crippen LogP) is 3.91. The molecular weight excluding hydrogens is 414 g/mol. The Morgan fingerprint density at radius 1 is 1.03 bits per heavy atom. The summed E-state index contributed by atoms with van der Waals surface area (Å²) in [6.07, 6.45) is 2.27. The number of nitrogens with zero attached hydrogens (tertiary/aromatic N) is 3. The minimum atomic E-state index is -0.228. The lowest BCUT2D eigenvalue weighted by Gasteiger charge is -2.09. The second-order valence-corrected chi connectivity index (χ2v) is 8.17. The summed E-state index contributed by atoms with van der Waals surface area (Å²) in [7, 11) is 1.59. The number of carbonyl (C=O) groups excluding carboxylic acids is 2. The average Bonchev–Trinajstić information content (AvgIpc) is 3.55. The molecule has 2 amide bonds. The Morgan fingerprint density at radius 2 is 1.68 bits per heavy atom. The maximum atomic E-state index is 12.4. The number of benzene rings is 2. The van der Waals surface area contributed by atoms with Crippen LogP contribution in [0.3, 0.4) is 0 Å². The van der Waals surface area contributed by atoms with E-state index in [4.69, 9.17) is 4.74 Å². The number of nitrogens with one attached hydrogen (secondary N) is 2. The number of thioether (sulfide) groups is 1. The summed E-state index contributed by atoms with van der Waals surface area (Å²) in [5.74, 6) is 1.48. The van der Waals surface area contributed by atoms with Gasteiger partial charge < -0.3 is 19.9 Å². The van der Waals surface area contributed by atoms with Crippen molar-refractivity contribution in [3.63, 3.8) is 0 Å². The summed E-state index contributed by atoms with van der Waals surface area (Å²) in [5, 5.41) is 14.8. The molecule has 2 aromatic carbocycles. The molecule has 0 atom stereocenters. The fourth-order valence-electron chi connectivity index (χ4n) is 3.11. The first-order chi connectivity index (χ1) is 15.0. The standard InChI is InChI=1S/C22H23N5O3S/c1-14-25-26-22(27(14)18-9-10-18)31-13-20(28)23-16-5-3-15(4-6-16)21(29)24-17-7-11-19(30-2)12-8-17/h3-8,11-12,18H,9-10,13H2,1-2H3,(H,23,28)(H,24,29). The molecule has 31 heavy (non-hydrogen) atoms. The first-order valence-electron chi connectivity index (χ1n) is 9.93. The van der Waals surface area contributed by atoms with Crippen LogP contribution in [0.15, 0.2) is 53.7 Å². The molecule has 0 bridgehead atoms. The summed E-state index contributed by atoms with van der Waals surface area (Å²) < 4.78 is 7.21. The number of carbonyl (C=O) groups is 2. The molecule has 4 rings (SSSR count). The quantitative estimate of drug-likeness (QED) is 0.519. The Kier molecular flexibility index (Phi) is 6.22. The van der Waals surface area contributed by atoms with Crippen LogP contribution in [0, 0.1) is 6.92 Å². The van der Waals surface area contributed by atoms with Gasteiger partial charge in [-0.1, -0.05) is 11.8 Å². The topological polar surface area (TPSA) is 98.1 Å². The van der Waals surface area contributed by atoms with Crippen LogP contribution >= 0.6 is 11.8 Å². The summed E-state index contributed by atoms with van der Waals surface area (Å²) in [6.45, 7) is 1.93. The van der Waals surface area contributed by atoms with Gasteiger partial charge in [0, 0.05) is 23.0 Å². The van der Waals surface area contributed by atoms with Gasteiger partial charge in [-0.2, -0.15) is 0 Å². The Bertz CT molecular complexity index is 1080. The molecule has 0 aliphatic heterocycles. The molecule has 1 heterocycles.